The molecule has 8 heteroatoms. The lowest BCUT2D eigenvalue weighted by molar-refractivity contribution is -0.138. The number of esters is 1. The van der Waals surface area contributed by atoms with Gasteiger partial charge in [-0.25, -0.2) is 4.79 Å². The van der Waals surface area contributed by atoms with E-state index in [0.717, 1.165) is 0 Å². The Kier molecular flexibility index (Phi) is 6.64. The number of hydrogen-bond acceptors (Lipinski definition) is 6. The molecule has 0 bridgehead atoms. The Hall–Kier alpha value is -2.53. The molecule has 26 heavy (non-hydrogen) atoms. The van der Waals surface area contributed by atoms with Crippen LogP contribution in [0.3, 0.4) is 0 Å². The molecule has 5 nitrogen and oxygen atoms in total. The summed E-state index contributed by atoms with van der Waals surface area (Å²) >= 11 is 1.30. The summed E-state index contributed by atoms with van der Waals surface area (Å²) in [7, 11) is 0. The van der Waals surface area contributed by atoms with E-state index in [0.29, 0.717) is 16.3 Å². The number of para-hydroxylation sites is 1. The topological polar surface area (TPSA) is 71.3 Å². The summed E-state index contributed by atoms with van der Waals surface area (Å²) in [6.45, 7) is 0.475. The van der Waals surface area contributed by atoms with E-state index in [1.54, 1.807) is 38.3 Å². The van der Waals surface area contributed by atoms with Gasteiger partial charge in [0.25, 0.3) is 0 Å². The van der Waals surface area contributed by atoms with Crippen LogP contribution in [-0.4, -0.2) is 25.4 Å². The molecule has 0 saturated carbocycles. The predicted octanol–water partition coefficient (Wildman–Crippen LogP) is 3.91. The van der Waals surface area contributed by atoms with E-state index in [1.807, 2.05) is 0 Å². The average Bonchev–Trinajstić information content (AvgIpc) is 2.60. The van der Waals surface area contributed by atoms with Gasteiger partial charge in [0, 0.05) is 11.3 Å². The SMILES string of the molecule is CCOC(=O)C1=C(C)NC(SC)=C(C#N)C1c1ccccc1OC(F)F. The van der Waals surface area contributed by atoms with Gasteiger partial charge < -0.3 is 14.8 Å². The van der Waals surface area contributed by atoms with E-state index in [-0.39, 0.29) is 23.5 Å². The summed E-state index contributed by atoms with van der Waals surface area (Å²) in [5.41, 5.74) is 1.26. The van der Waals surface area contributed by atoms with Crippen molar-refractivity contribution in [2.45, 2.75) is 26.4 Å². The molecule has 1 aliphatic rings. The van der Waals surface area contributed by atoms with Crippen LogP contribution in [-0.2, 0) is 9.53 Å². The largest absolute Gasteiger partial charge is 0.463 e. The van der Waals surface area contributed by atoms with Crippen molar-refractivity contribution in [2.75, 3.05) is 12.9 Å². The minimum absolute atomic E-state index is 0.0859. The molecule has 1 atom stereocenters. The number of hydrogen-bond donors (Lipinski definition) is 1. The van der Waals surface area contributed by atoms with Gasteiger partial charge in [-0.1, -0.05) is 18.2 Å². The van der Waals surface area contributed by atoms with Gasteiger partial charge >= 0.3 is 12.6 Å². The van der Waals surface area contributed by atoms with E-state index in [9.17, 15) is 18.8 Å². The van der Waals surface area contributed by atoms with Gasteiger partial charge in [0.1, 0.15) is 5.75 Å². The number of nitrogens with zero attached hydrogens (tertiary/aromatic N) is 1. The average molecular weight is 380 g/mol. The normalized spacial score (nSPS) is 17.0. The molecule has 0 aromatic heterocycles. The number of dihydropyridines is 1. The van der Waals surface area contributed by atoms with Crippen LogP contribution in [0, 0.1) is 11.3 Å². The maximum absolute atomic E-state index is 12.8. The van der Waals surface area contributed by atoms with Crippen molar-refractivity contribution in [1.82, 2.24) is 5.32 Å². The van der Waals surface area contributed by atoms with Gasteiger partial charge in [-0.15, -0.1) is 11.8 Å². The van der Waals surface area contributed by atoms with E-state index in [1.165, 1.54) is 17.8 Å². The highest BCUT2D eigenvalue weighted by atomic mass is 32.2. The molecule has 1 N–H and O–H groups in total. The maximum atomic E-state index is 12.8. The van der Waals surface area contributed by atoms with Crippen molar-refractivity contribution in [3.05, 3.63) is 51.7 Å². The fraction of sp³-hybridized carbons (Fsp3) is 0.333. The first-order valence-electron chi connectivity index (χ1n) is 7.81. The number of ether oxygens (including phenoxy) is 2. The molecule has 1 aliphatic heterocycles. The lowest BCUT2D eigenvalue weighted by Crippen LogP contribution is -2.29. The number of rotatable bonds is 6. The Morgan fingerprint density at radius 2 is 2.12 bits per heavy atom. The Labute approximate surface area is 154 Å². The molecule has 138 valence electrons. The van der Waals surface area contributed by atoms with Crippen LogP contribution in [0.1, 0.15) is 25.3 Å². The van der Waals surface area contributed by atoms with Crippen LogP contribution in [0.5, 0.6) is 5.75 Å². The first-order valence-corrected chi connectivity index (χ1v) is 9.03. The molecular formula is C18H18F2N2O3S. The second-order valence-electron chi connectivity index (χ2n) is 5.29. The van der Waals surface area contributed by atoms with Crippen molar-refractivity contribution >= 4 is 17.7 Å². The third-order valence-corrected chi connectivity index (χ3v) is 4.52. The van der Waals surface area contributed by atoms with Crippen LogP contribution < -0.4 is 10.1 Å². The van der Waals surface area contributed by atoms with Crippen molar-refractivity contribution < 1.29 is 23.0 Å². The summed E-state index contributed by atoms with van der Waals surface area (Å²) in [6.07, 6.45) is 1.78. The quantitative estimate of drug-likeness (QED) is 0.755. The number of carbonyl (C=O) groups is 1. The summed E-state index contributed by atoms with van der Waals surface area (Å²) in [5, 5.41) is 13.3. The van der Waals surface area contributed by atoms with E-state index >= 15 is 0 Å². The minimum atomic E-state index is -3.02. The zero-order valence-corrected chi connectivity index (χ0v) is 15.3. The first-order chi connectivity index (χ1) is 12.4. The van der Waals surface area contributed by atoms with Gasteiger partial charge in [-0.3, -0.25) is 0 Å². The van der Waals surface area contributed by atoms with E-state index in [2.05, 4.69) is 16.1 Å². The van der Waals surface area contributed by atoms with Crippen molar-refractivity contribution in [3.8, 4) is 11.8 Å². The summed E-state index contributed by atoms with van der Waals surface area (Å²) in [4.78, 5) is 12.5. The molecule has 1 heterocycles. The van der Waals surface area contributed by atoms with E-state index < -0.39 is 18.5 Å². The van der Waals surface area contributed by atoms with Crippen LogP contribution in [0.15, 0.2) is 46.1 Å². The first kappa shape index (κ1) is 19.8. The monoisotopic (exact) mass is 380 g/mol. The number of nitriles is 1. The Morgan fingerprint density at radius 3 is 2.69 bits per heavy atom. The third-order valence-electron chi connectivity index (χ3n) is 3.79. The second-order valence-corrected chi connectivity index (χ2v) is 6.11. The Bertz CT molecular complexity index is 800. The fourth-order valence-electron chi connectivity index (χ4n) is 2.79. The van der Waals surface area contributed by atoms with Crippen molar-refractivity contribution in [3.63, 3.8) is 0 Å². The van der Waals surface area contributed by atoms with Gasteiger partial charge in [0.05, 0.1) is 34.8 Å². The lowest BCUT2D eigenvalue weighted by atomic mass is 9.82. The van der Waals surface area contributed by atoms with Gasteiger partial charge in [-0.2, -0.15) is 14.0 Å². The Balaban J connectivity index is 2.69. The molecule has 0 amide bonds. The summed E-state index contributed by atoms with van der Waals surface area (Å²) < 4.78 is 35.4. The van der Waals surface area contributed by atoms with Gasteiger partial charge in [0.15, 0.2) is 0 Å². The lowest BCUT2D eigenvalue weighted by Gasteiger charge is -2.29. The van der Waals surface area contributed by atoms with Crippen LogP contribution in [0.4, 0.5) is 8.78 Å². The minimum Gasteiger partial charge on any atom is -0.463 e. The maximum Gasteiger partial charge on any atom is 0.387 e. The third kappa shape index (κ3) is 3.99. The summed E-state index contributed by atoms with van der Waals surface area (Å²) in [5.74, 6) is -1.56. The summed E-state index contributed by atoms with van der Waals surface area (Å²) in [6, 6.07) is 8.23. The number of carbonyl (C=O) groups excluding carboxylic acids is 1. The number of allylic oxidation sites excluding steroid dienone is 2. The molecule has 1 aromatic carbocycles. The van der Waals surface area contributed by atoms with E-state index in [4.69, 9.17) is 4.74 Å². The van der Waals surface area contributed by atoms with Crippen molar-refractivity contribution in [2.24, 2.45) is 0 Å². The molecule has 0 spiro atoms. The molecule has 0 fully saturated rings. The molecule has 0 radical (unpaired) electrons. The number of thioether (sulfide) groups is 1. The zero-order chi connectivity index (χ0) is 19.3. The van der Waals surface area contributed by atoms with Gasteiger partial charge in [0.2, 0.25) is 0 Å². The number of nitrogens with one attached hydrogen (secondary N) is 1. The molecular weight excluding hydrogens is 362 g/mol. The van der Waals surface area contributed by atoms with Gasteiger partial charge in [-0.05, 0) is 26.2 Å². The number of benzene rings is 1. The Morgan fingerprint density at radius 1 is 1.42 bits per heavy atom. The zero-order valence-electron chi connectivity index (χ0n) is 14.5. The standard InChI is InChI=1S/C18H18F2N2O3S/c1-4-24-17(23)14-10(2)22-16(26-3)12(9-21)15(14)11-7-5-6-8-13(11)25-18(19)20/h5-8,15,18,22H,4H2,1-3H3. The van der Waals surface area contributed by atoms with Crippen molar-refractivity contribution in [1.29, 1.82) is 5.26 Å². The predicted molar refractivity (Wildman–Crippen MR) is 94.4 cm³/mol. The molecule has 2 rings (SSSR count). The highest BCUT2D eigenvalue weighted by molar-refractivity contribution is 8.02. The fourth-order valence-corrected chi connectivity index (χ4v) is 3.42. The highest BCUT2D eigenvalue weighted by Gasteiger charge is 2.37. The smallest absolute Gasteiger partial charge is 0.387 e. The van der Waals surface area contributed by atoms with Crippen LogP contribution in [0.2, 0.25) is 0 Å². The molecule has 0 saturated heterocycles. The van der Waals surface area contributed by atoms with Crippen LogP contribution in [0.25, 0.3) is 0 Å². The number of halogens is 2. The molecule has 0 aliphatic carbocycles. The second kappa shape index (κ2) is 8.72. The molecule has 1 unspecified atom stereocenters. The van der Waals surface area contributed by atoms with Crippen LogP contribution >= 0.6 is 11.8 Å². The highest BCUT2D eigenvalue weighted by Crippen LogP contribution is 2.43. The molecule has 1 aromatic rings. The number of alkyl halides is 2.